The van der Waals surface area contributed by atoms with Gasteiger partial charge in [0.25, 0.3) is 0 Å². The van der Waals surface area contributed by atoms with E-state index in [4.69, 9.17) is 4.74 Å². The predicted molar refractivity (Wildman–Crippen MR) is 84.8 cm³/mol. The highest BCUT2D eigenvalue weighted by Crippen LogP contribution is 2.23. The van der Waals surface area contributed by atoms with E-state index in [2.05, 4.69) is 44.8 Å². The van der Waals surface area contributed by atoms with Crippen molar-refractivity contribution < 1.29 is 4.74 Å². The first-order valence-corrected chi connectivity index (χ1v) is 7.28. The molecule has 0 aliphatic carbocycles. The van der Waals surface area contributed by atoms with Crippen molar-refractivity contribution in [1.82, 2.24) is 9.97 Å². The lowest BCUT2D eigenvalue weighted by molar-refractivity contribution is 0.458. The summed E-state index contributed by atoms with van der Waals surface area (Å²) in [5.41, 5.74) is 0. The van der Waals surface area contributed by atoms with Crippen LogP contribution in [0, 0.1) is 3.57 Å². The highest BCUT2D eigenvalue weighted by Gasteiger charge is 2.05. The molecule has 0 saturated heterocycles. The lowest BCUT2D eigenvalue weighted by Crippen LogP contribution is -2.01. The molecule has 1 aromatic heterocycles. The van der Waals surface area contributed by atoms with E-state index in [1.807, 2.05) is 31.3 Å². The molecule has 0 fully saturated rings. The number of nitrogens with one attached hydrogen (secondary N) is 1. The summed E-state index contributed by atoms with van der Waals surface area (Å²) >= 11 is 2.26. The van der Waals surface area contributed by atoms with Crippen LogP contribution in [-0.4, -0.2) is 17.0 Å². The first-order chi connectivity index (χ1) is 9.21. The van der Waals surface area contributed by atoms with Gasteiger partial charge in [0.1, 0.15) is 17.4 Å². The van der Waals surface area contributed by atoms with Gasteiger partial charge in [0, 0.05) is 23.1 Å². The number of hydrogen-bond acceptors (Lipinski definition) is 4. The number of anilines is 1. The normalized spacial score (nSPS) is 10.3. The summed E-state index contributed by atoms with van der Waals surface area (Å²) in [7, 11) is 1.84. The van der Waals surface area contributed by atoms with E-state index in [0.29, 0.717) is 5.88 Å². The van der Waals surface area contributed by atoms with E-state index in [1.165, 1.54) is 0 Å². The maximum atomic E-state index is 5.79. The number of aryl methyl sites for hydroxylation is 1. The van der Waals surface area contributed by atoms with Gasteiger partial charge in [0.2, 0.25) is 5.88 Å². The van der Waals surface area contributed by atoms with Crippen LogP contribution in [0.2, 0.25) is 0 Å². The van der Waals surface area contributed by atoms with Crippen LogP contribution in [0.3, 0.4) is 0 Å². The Morgan fingerprint density at radius 3 is 2.79 bits per heavy atom. The van der Waals surface area contributed by atoms with Crippen LogP contribution in [-0.2, 0) is 6.42 Å². The second kappa shape index (κ2) is 6.70. The molecular formula is C14H16IN3O. The Labute approximate surface area is 126 Å². The number of nitrogens with zero attached hydrogens (tertiary/aromatic N) is 2. The summed E-state index contributed by atoms with van der Waals surface area (Å²) in [5.74, 6) is 2.94. The number of hydrogen-bond donors (Lipinski definition) is 1. The molecule has 0 unspecified atom stereocenters. The Morgan fingerprint density at radius 1 is 1.26 bits per heavy atom. The van der Waals surface area contributed by atoms with E-state index < -0.39 is 0 Å². The maximum Gasteiger partial charge on any atom is 0.224 e. The van der Waals surface area contributed by atoms with E-state index in [0.717, 1.165) is 33.8 Å². The van der Waals surface area contributed by atoms with Gasteiger partial charge in [0.15, 0.2) is 0 Å². The Bertz CT molecular complexity index is 560. The second-order valence-electron chi connectivity index (χ2n) is 4.07. The standard InChI is InChI=1S/C14H16IN3O/c1-3-5-12-17-13(16-2)9-14(18-12)19-11-7-4-6-10(15)8-11/h4,6-9H,3,5H2,1-2H3,(H,16,17,18). The van der Waals surface area contributed by atoms with Crippen LogP contribution in [0.5, 0.6) is 11.6 Å². The highest BCUT2D eigenvalue weighted by molar-refractivity contribution is 14.1. The third kappa shape index (κ3) is 4.05. The first-order valence-electron chi connectivity index (χ1n) is 6.20. The molecule has 0 atom stereocenters. The SMILES string of the molecule is CCCc1nc(NC)cc(Oc2cccc(I)c2)n1. The van der Waals surface area contributed by atoms with Crippen LogP contribution in [0.15, 0.2) is 30.3 Å². The summed E-state index contributed by atoms with van der Waals surface area (Å²) in [6.07, 6.45) is 1.86. The molecule has 1 aromatic carbocycles. The summed E-state index contributed by atoms with van der Waals surface area (Å²) in [4.78, 5) is 8.82. The molecule has 0 radical (unpaired) electrons. The molecule has 19 heavy (non-hydrogen) atoms. The van der Waals surface area contributed by atoms with Crippen molar-refractivity contribution in [1.29, 1.82) is 0 Å². The molecule has 0 amide bonds. The largest absolute Gasteiger partial charge is 0.439 e. The zero-order chi connectivity index (χ0) is 13.7. The smallest absolute Gasteiger partial charge is 0.224 e. The van der Waals surface area contributed by atoms with Crippen LogP contribution >= 0.6 is 22.6 Å². The van der Waals surface area contributed by atoms with Gasteiger partial charge in [-0.05, 0) is 47.2 Å². The quantitative estimate of drug-likeness (QED) is 0.813. The topological polar surface area (TPSA) is 47.0 Å². The van der Waals surface area contributed by atoms with Crippen LogP contribution in [0.4, 0.5) is 5.82 Å². The van der Waals surface area contributed by atoms with Gasteiger partial charge in [0.05, 0.1) is 0 Å². The fraction of sp³-hybridized carbons (Fsp3) is 0.286. The summed E-state index contributed by atoms with van der Waals surface area (Å²) in [5, 5.41) is 3.03. The van der Waals surface area contributed by atoms with E-state index in [1.54, 1.807) is 6.07 Å². The molecule has 100 valence electrons. The highest BCUT2D eigenvalue weighted by atomic mass is 127. The number of halogens is 1. The minimum atomic E-state index is 0.574. The molecular weight excluding hydrogens is 353 g/mol. The zero-order valence-corrected chi connectivity index (χ0v) is 13.1. The molecule has 1 N–H and O–H groups in total. The van der Waals surface area contributed by atoms with Gasteiger partial charge in [-0.25, -0.2) is 4.98 Å². The number of ether oxygens (including phenoxy) is 1. The fourth-order valence-electron chi connectivity index (χ4n) is 1.64. The molecule has 2 aromatic rings. The van der Waals surface area contributed by atoms with Crippen molar-refractivity contribution in [3.05, 3.63) is 39.7 Å². The first kappa shape index (κ1) is 14.0. The molecule has 0 aliphatic heterocycles. The summed E-state index contributed by atoms with van der Waals surface area (Å²) < 4.78 is 6.92. The Morgan fingerprint density at radius 2 is 2.11 bits per heavy atom. The monoisotopic (exact) mass is 369 g/mol. The predicted octanol–water partition coefficient (Wildman–Crippen LogP) is 3.87. The average molecular weight is 369 g/mol. The second-order valence-corrected chi connectivity index (χ2v) is 5.31. The number of benzene rings is 1. The van der Waals surface area contributed by atoms with Gasteiger partial charge < -0.3 is 10.1 Å². The van der Waals surface area contributed by atoms with E-state index in [9.17, 15) is 0 Å². The lowest BCUT2D eigenvalue weighted by atomic mass is 10.3. The van der Waals surface area contributed by atoms with Crippen LogP contribution in [0.25, 0.3) is 0 Å². The molecule has 0 aliphatic rings. The van der Waals surface area contributed by atoms with Crippen LogP contribution < -0.4 is 10.1 Å². The van der Waals surface area contributed by atoms with Gasteiger partial charge in [-0.3, -0.25) is 0 Å². The third-order valence-electron chi connectivity index (χ3n) is 2.50. The van der Waals surface area contributed by atoms with Gasteiger partial charge in [-0.2, -0.15) is 4.98 Å². The number of aromatic nitrogens is 2. The average Bonchev–Trinajstić information content (AvgIpc) is 2.39. The van der Waals surface area contributed by atoms with Crippen molar-refractivity contribution in [2.45, 2.75) is 19.8 Å². The maximum absolute atomic E-state index is 5.79. The van der Waals surface area contributed by atoms with Crippen molar-refractivity contribution in [2.75, 3.05) is 12.4 Å². The zero-order valence-electron chi connectivity index (χ0n) is 11.0. The molecule has 0 spiro atoms. The molecule has 0 saturated carbocycles. The molecule has 4 nitrogen and oxygen atoms in total. The molecule has 0 bridgehead atoms. The fourth-order valence-corrected chi connectivity index (χ4v) is 2.15. The van der Waals surface area contributed by atoms with Crippen molar-refractivity contribution >= 4 is 28.4 Å². The van der Waals surface area contributed by atoms with E-state index >= 15 is 0 Å². The third-order valence-corrected chi connectivity index (χ3v) is 3.17. The summed E-state index contributed by atoms with van der Waals surface area (Å²) in [6.45, 7) is 2.11. The minimum Gasteiger partial charge on any atom is -0.439 e. The lowest BCUT2D eigenvalue weighted by Gasteiger charge is -2.09. The number of rotatable bonds is 5. The van der Waals surface area contributed by atoms with Gasteiger partial charge >= 0.3 is 0 Å². The molecule has 5 heteroatoms. The molecule has 1 heterocycles. The van der Waals surface area contributed by atoms with Crippen molar-refractivity contribution in [3.63, 3.8) is 0 Å². The van der Waals surface area contributed by atoms with Gasteiger partial charge in [-0.15, -0.1) is 0 Å². The van der Waals surface area contributed by atoms with Crippen molar-refractivity contribution in [3.8, 4) is 11.6 Å². The Balaban J connectivity index is 2.26. The van der Waals surface area contributed by atoms with Gasteiger partial charge in [-0.1, -0.05) is 13.0 Å². The minimum absolute atomic E-state index is 0.574. The van der Waals surface area contributed by atoms with Crippen LogP contribution in [0.1, 0.15) is 19.2 Å². The van der Waals surface area contributed by atoms with Crippen molar-refractivity contribution in [2.24, 2.45) is 0 Å². The Kier molecular flexibility index (Phi) is 4.95. The Hall–Kier alpha value is -1.37. The molecule has 2 rings (SSSR count). The van der Waals surface area contributed by atoms with E-state index in [-0.39, 0.29) is 0 Å². The summed E-state index contributed by atoms with van der Waals surface area (Å²) in [6, 6.07) is 9.68.